The average Bonchev–Trinajstić information content (AvgIpc) is 2.28. The summed E-state index contributed by atoms with van der Waals surface area (Å²) in [6.45, 7) is 7.18. The molecule has 2 aliphatic rings. The fourth-order valence-corrected chi connectivity index (χ4v) is 3.21. The quantitative estimate of drug-likeness (QED) is 0.811. The molecule has 0 amide bonds. The first kappa shape index (κ1) is 11.8. The van der Waals surface area contributed by atoms with Crippen molar-refractivity contribution in [3.05, 3.63) is 23.8 Å². The average molecular weight is 245 g/mol. The van der Waals surface area contributed by atoms with E-state index in [1.807, 2.05) is 6.07 Å². The van der Waals surface area contributed by atoms with E-state index >= 15 is 0 Å². The highest BCUT2D eigenvalue weighted by Crippen LogP contribution is 2.28. The lowest BCUT2D eigenvalue weighted by Gasteiger charge is -2.43. The second-order valence-corrected chi connectivity index (χ2v) is 5.65. The van der Waals surface area contributed by atoms with Crippen molar-refractivity contribution in [2.24, 2.45) is 0 Å². The van der Waals surface area contributed by atoms with Crippen LogP contribution in [0.5, 0.6) is 0 Å². The number of anilines is 2. The van der Waals surface area contributed by atoms with E-state index in [4.69, 9.17) is 5.73 Å². The minimum Gasteiger partial charge on any atom is -0.399 e. The fraction of sp³-hybridized carbons (Fsp3) is 0.600. The van der Waals surface area contributed by atoms with Gasteiger partial charge in [-0.3, -0.25) is 0 Å². The minimum absolute atomic E-state index is 0.837. The van der Waals surface area contributed by atoms with Crippen molar-refractivity contribution in [2.75, 3.05) is 36.8 Å². The molecule has 2 N–H and O–H groups in total. The third kappa shape index (κ3) is 2.19. The SMILES string of the molecule is Cc1cc(N)ccc1N1CCC(N2CCC2)CC1. The first-order chi connectivity index (χ1) is 8.74. The van der Waals surface area contributed by atoms with Gasteiger partial charge in [0, 0.05) is 30.5 Å². The summed E-state index contributed by atoms with van der Waals surface area (Å²) in [4.78, 5) is 5.16. The molecule has 0 spiro atoms. The molecule has 0 atom stereocenters. The molecule has 2 saturated heterocycles. The molecule has 3 rings (SSSR count). The van der Waals surface area contributed by atoms with Crippen molar-refractivity contribution < 1.29 is 0 Å². The van der Waals surface area contributed by atoms with E-state index in [9.17, 15) is 0 Å². The molecule has 3 nitrogen and oxygen atoms in total. The summed E-state index contributed by atoms with van der Waals surface area (Å²) < 4.78 is 0. The van der Waals surface area contributed by atoms with Gasteiger partial charge >= 0.3 is 0 Å². The number of nitrogens with two attached hydrogens (primary N) is 1. The third-order valence-electron chi connectivity index (χ3n) is 4.43. The lowest BCUT2D eigenvalue weighted by atomic mass is 9.98. The number of likely N-dealkylation sites (tertiary alicyclic amines) is 1. The summed E-state index contributed by atoms with van der Waals surface area (Å²) in [6, 6.07) is 7.11. The molecule has 0 aliphatic carbocycles. The van der Waals surface area contributed by atoms with Gasteiger partial charge in [-0.05, 0) is 63.0 Å². The smallest absolute Gasteiger partial charge is 0.0397 e. The van der Waals surface area contributed by atoms with E-state index in [0.29, 0.717) is 0 Å². The Kier molecular flexibility index (Phi) is 3.16. The van der Waals surface area contributed by atoms with Crippen LogP contribution >= 0.6 is 0 Å². The van der Waals surface area contributed by atoms with E-state index in [2.05, 4.69) is 28.9 Å². The van der Waals surface area contributed by atoms with Gasteiger partial charge in [0.1, 0.15) is 0 Å². The molecule has 1 aromatic carbocycles. The van der Waals surface area contributed by atoms with Crippen LogP contribution in [0.15, 0.2) is 18.2 Å². The largest absolute Gasteiger partial charge is 0.399 e. The van der Waals surface area contributed by atoms with Crippen LogP contribution in [0.3, 0.4) is 0 Å². The van der Waals surface area contributed by atoms with Crippen molar-refractivity contribution in [1.82, 2.24) is 4.90 Å². The van der Waals surface area contributed by atoms with Crippen LogP contribution in [-0.4, -0.2) is 37.1 Å². The Morgan fingerprint density at radius 1 is 1.11 bits per heavy atom. The van der Waals surface area contributed by atoms with E-state index in [1.54, 1.807) is 0 Å². The summed E-state index contributed by atoms with van der Waals surface area (Å²) >= 11 is 0. The zero-order chi connectivity index (χ0) is 12.5. The fourth-order valence-electron chi connectivity index (χ4n) is 3.21. The van der Waals surface area contributed by atoms with E-state index < -0.39 is 0 Å². The molecule has 0 unspecified atom stereocenters. The maximum Gasteiger partial charge on any atom is 0.0397 e. The van der Waals surface area contributed by atoms with Crippen molar-refractivity contribution in [3.8, 4) is 0 Å². The predicted octanol–water partition coefficient (Wildman–Crippen LogP) is 2.25. The molecule has 0 aromatic heterocycles. The Labute approximate surface area is 110 Å². The third-order valence-corrected chi connectivity index (χ3v) is 4.43. The summed E-state index contributed by atoms with van der Waals surface area (Å²) in [7, 11) is 0. The number of hydrogen-bond acceptors (Lipinski definition) is 3. The highest BCUT2D eigenvalue weighted by Gasteiger charge is 2.28. The van der Waals surface area contributed by atoms with Crippen LogP contribution in [0.4, 0.5) is 11.4 Å². The first-order valence-corrected chi connectivity index (χ1v) is 7.09. The zero-order valence-corrected chi connectivity index (χ0v) is 11.2. The molecule has 0 bridgehead atoms. The molecule has 18 heavy (non-hydrogen) atoms. The van der Waals surface area contributed by atoms with Crippen LogP contribution in [0, 0.1) is 6.92 Å². The number of nitrogen functional groups attached to an aromatic ring is 1. The van der Waals surface area contributed by atoms with Gasteiger partial charge in [0.15, 0.2) is 0 Å². The normalized spacial score (nSPS) is 21.9. The van der Waals surface area contributed by atoms with Crippen molar-refractivity contribution in [1.29, 1.82) is 0 Å². The van der Waals surface area contributed by atoms with Gasteiger partial charge in [-0.1, -0.05) is 0 Å². The molecule has 0 saturated carbocycles. The Bertz CT molecular complexity index is 418. The number of nitrogens with zero attached hydrogens (tertiary/aromatic N) is 2. The van der Waals surface area contributed by atoms with Gasteiger partial charge in [-0.25, -0.2) is 0 Å². The Hall–Kier alpha value is -1.22. The molecule has 3 heteroatoms. The molecule has 98 valence electrons. The Morgan fingerprint density at radius 2 is 1.83 bits per heavy atom. The van der Waals surface area contributed by atoms with Gasteiger partial charge in [0.25, 0.3) is 0 Å². The molecule has 2 fully saturated rings. The highest BCUT2D eigenvalue weighted by molar-refractivity contribution is 5.59. The van der Waals surface area contributed by atoms with Gasteiger partial charge < -0.3 is 15.5 Å². The first-order valence-electron chi connectivity index (χ1n) is 7.09. The van der Waals surface area contributed by atoms with Crippen molar-refractivity contribution in [3.63, 3.8) is 0 Å². The van der Waals surface area contributed by atoms with Crippen molar-refractivity contribution in [2.45, 2.75) is 32.2 Å². The van der Waals surface area contributed by atoms with Crippen LogP contribution in [0.25, 0.3) is 0 Å². The van der Waals surface area contributed by atoms with Crippen LogP contribution < -0.4 is 10.6 Å². The standard InChI is InChI=1S/C15H23N3/c1-12-11-13(16)3-4-15(12)18-9-5-14(6-10-18)17-7-2-8-17/h3-4,11,14H,2,5-10,16H2,1H3. The zero-order valence-electron chi connectivity index (χ0n) is 11.2. The second kappa shape index (κ2) is 4.81. The summed E-state index contributed by atoms with van der Waals surface area (Å²) in [6.07, 6.45) is 4.02. The van der Waals surface area contributed by atoms with Crippen LogP contribution in [0.1, 0.15) is 24.8 Å². The topological polar surface area (TPSA) is 32.5 Å². The van der Waals surface area contributed by atoms with E-state index in [1.165, 1.54) is 56.7 Å². The molecule has 2 heterocycles. The predicted molar refractivity (Wildman–Crippen MR) is 77.0 cm³/mol. The number of aryl methyl sites for hydroxylation is 1. The molecular weight excluding hydrogens is 222 g/mol. The van der Waals surface area contributed by atoms with Gasteiger partial charge in [0.05, 0.1) is 0 Å². The van der Waals surface area contributed by atoms with Crippen LogP contribution in [0.2, 0.25) is 0 Å². The Balaban J connectivity index is 1.64. The molecule has 2 aliphatic heterocycles. The lowest BCUT2D eigenvalue weighted by molar-refractivity contribution is 0.100. The monoisotopic (exact) mass is 245 g/mol. The number of benzene rings is 1. The lowest BCUT2D eigenvalue weighted by Crippen LogP contribution is -2.50. The van der Waals surface area contributed by atoms with Gasteiger partial charge in [-0.15, -0.1) is 0 Å². The van der Waals surface area contributed by atoms with Gasteiger partial charge in [0.2, 0.25) is 0 Å². The summed E-state index contributed by atoms with van der Waals surface area (Å²) in [5.74, 6) is 0. The number of hydrogen-bond donors (Lipinski definition) is 1. The van der Waals surface area contributed by atoms with E-state index in [-0.39, 0.29) is 0 Å². The summed E-state index contributed by atoms with van der Waals surface area (Å²) in [5, 5.41) is 0. The maximum absolute atomic E-state index is 5.82. The minimum atomic E-state index is 0.837. The second-order valence-electron chi connectivity index (χ2n) is 5.65. The van der Waals surface area contributed by atoms with Gasteiger partial charge in [-0.2, -0.15) is 0 Å². The number of piperidine rings is 1. The molecule has 0 radical (unpaired) electrons. The summed E-state index contributed by atoms with van der Waals surface area (Å²) in [5.41, 5.74) is 9.36. The highest BCUT2D eigenvalue weighted by atomic mass is 15.2. The number of rotatable bonds is 2. The molecule has 1 aromatic rings. The Morgan fingerprint density at radius 3 is 2.39 bits per heavy atom. The van der Waals surface area contributed by atoms with Crippen LogP contribution in [-0.2, 0) is 0 Å². The maximum atomic E-state index is 5.82. The van der Waals surface area contributed by atoms with E-state index in [0.717, 1.165) is 11.7 Å². The molecular formula is C15H23N3. The van der Waals surface area contributed by atoms with Crippen molar-refractivity contribution >= 4 is 11.4 Å².